The number of nitrogens with two attached hydrogens (primary N) is 1. The first-order valence-corrected chi connectivity index (χ1v) is 5.99. The molecule has 0 aliphatic heterocycles. The lowest BCUT2D eigenvalue weighted by atomic mass is 10.2. The third-order valence-corrected chi connectivity index (χ3v) is 3.00. The van der Waals surface area contributed by atoms with Crippen LogP contribution in [0.15, 0.2) is 21.1 Å². The Hall–Kier alpha value is -2.08. The Morgan fingerprint density at radius 2 is 2.16 bits per heavy atom. The SMILES string of the molecule is Cc1noc(C)c1CN(C)C(=O)c1ccc(CN)o1. The Balaban J connectivity index is 2.11. The van der Waals surface area contributed by atoms with Crippen LogP contribution >= 0.6 is 0 Å². The first-order chi connectivity index (χ1) is 9.02. The highest BCUT2D eigenvalue weighted by Crippen LogP contribution is 2.16. The molecule has 19 heavy (non-hydrogen) atoms. The average Bonchev–Trinajstić information content (AvgIpc) is 2.99. The van der Waals surface area contributed by atoms with E-state index in [2.05, 4.69) is 5.16 Å². The van der Waals surface area contributed by atoms with Gasteiger partial charge in [-0.1, -0.05) is 5.16 Å². The molecular weight excluding hydrogens is 246 g/mol. The number of furan rings is 1. The van der Waals surface area contributed by atoms with Crippen LogP contribution in [0.4, 0.5) is 0 Å². The molecule has 0 bridgehead atoms. The molecule has 0 radical (unpaired) electrons. The molecule has 0 saturated heterocycles. The molecular formula is C13H17N3O3. The molecule has 0 saturated carbocycles. The van der Waals surface area contributed by atoms with Crippen LogP contribution in [-0.2, 0) is 13.1 Å². The normalized spacial score (nSPS) is 10.7. The van der Waals surface area contributed by atoms with Gasteiger partial charge in [0.15, 0.2) is 5.76 Å². The molecule has 0 aliphatic carbocycles. The summed E-state index contributed by atoms with van der Waals surface area (Å²) in [6.07, 6.45) is 0. The Labute approximate surface area is 111 Å². The fourth-order valence-electron chi connectivity index (χ4n) is 1.83. The first kappa shape index (κ1) is 13.4. The van der Waals surface area contributed by atoms with Crippen molar-refractivity contribution in [3.05, 3.63) is 40.7 Å². The number of carbonyl (C=O) groups is 1. The zero-order chi connectivity index (χ0) is 14.0. The van der Waals surface area contributed by atoms with Crippen LogP contribution in [-0.4, -0.2) is 23.0 Å². The van der Waals surface area contributed by atoms with Crippen molar-refractivity contribution in [1.82, 2.24) is 10.1 Å². The molecule has 2 N–H and O–H groups in total. The number of hydrogen-bond acceptors (Lipinski definition) is 5. The summed E-state index contributed by atoms with van der Waals surface area (Å²) in [5, 5.41) is 3.87. The number of rotatable bonds is 4. The van der Waals surface area contributed by atoms with Crippen LogP contribution in [0.2, 0.25) is 0 Å². The van der Waals surface area contributed by atoms with E-state index in [9.17, 15) is 4.79 Å². The Morgan fingerprint density at radius 3 is 2.68 bits per heavy atom. The van der Waals surface area contributed by atoms with E-state index in [-0.39, 0.29) is 18.2 Å². The van der Waals surface area contributed by atoms with Gasteiger partial charge in [-0.3, -0.25) is 4.79 Å². The van der Waals surface area contributed by atoms with Gasteiger partial charge in [0.05, 0.1) is 18.8 Å². The number of aromatic nitrogens is 1. The van der Waals surface area contributed by atoms with E-state index in [1.54, 1.807) is 24.1 Å². The molecule has 6 heteroatoms. The van der Waals surface area contributed by atoms with Gasteiger partial charge in [0, 0.05) is 12.6 Å². The Morgan fingerprint density at radius 1 is 1.42 bits per heavy atom. The third kappa shape index (κ3) is 2.68. The quantitative estimate of drug-likeness (QED) is 0.905. The van der Waals surface area contributed by atoms with Gasteiger partial charge in [0.2, 0.25) is 0 Å². The maximum atomic E-state index is 12.2. The molecule has 102 valence electrons. The van der Waals surface area contributed by atoms with E-state index >= 15 is 0 Å². The first-order valence-electron chi connectivity index (χ1n) is 5.99. The van der Waals surface area contributed by atoms with E-state index in [1.807, 2.05) is 13.8 Å². The lowest BCUT2D eigenvalue weighted by Crippen LogP contribution is -2.26. The zero-order valence-electron chi connectivity index (χ0n) is 11.3. The van der Waals surface area contributed by atoms with E-state index < -0.39 is 0 Å². The Kier molecular flexibility index (Phi) is 3.71. The number of nitrogens with zero attached hydrogens (tertiary/aromatic N) is 2. The number of hydrogen-bond donors (Lipinski definition) is 1. The van der Waals surface area contributed by atoms with Crippen LogP contribution in [0, 0.1) is 13.8 Å². The summed E-state index contributed by atoms with van der Waals surface area (Å²) < 4.78 is 10.4. The summed E-state index contributed by atoms with van der Waals surface area (Å²) >= 11 is 0. The summed E-state index contributed by atoms with van der Waals surface area (Å²) in [6.45, 7) is 4.39. The average molecular weight is 263 g/mol. The topological polar surface area (TPSA) is 85.5 Å². The van der Waals surface area contributed by atoms with E-state index in [0.29, 0.717) is 12.3 Å². The monoisotopic (exact) mass is 263 g/mol. The summed E-state index contributed by atoms with van der Waals surface area (Å²) in [6, 6.07) is 3.34. The van der Waals surface area contributed by atoms with E-state index in [4.69, 9.17) is 14.7 Å². The van der Waals surface area contributed by atoms with Gasteiger partial charge in [0.1, 0.15) is 11.5 Å². The van der Waals surface area contributed by atoms with Crippen molar-refractivity contribution in [3.63, 3.8) is 0 Å². The molecule has 2 heterocycles. The van der Waals surface area contributed by atoms with Crippen molar-refractivity contribution in [2.45, 2.75) is 26.9 Å². The van der Waals surface area contributed by atoms with Gasteiger partial charge in [0.25, 0.3) is 5.91 Å². The highest BCUT2D eigenvalue weighted by atomic mass is 16.5. The largest absolute Gasteiger partial charge is 0.455 e. The molecule has 2 aromatic heterocycles. The minimum Gasteiger partial charge on any atom is -0.455 e. The minimum absolute atomic E-state index is 0.195. The van der Waals surface area contributed by atoms with E-state index in [0.717, 1.165) is 17.0 Å². The number of carbonyl (C=O) groups excluding carboxylic acids is 1. The molecule has 1 amide bonds. The second-order valence-corrected chi connectivity index (χ2v) is 4.43. The van der Waals surface area contributed by atoms with E-state index in [1.165, 1.54) is 0 Å². The molecule has 6 nitrogen and oxygen atoms in total. The molecule has 0 spiro atoms. The lowest BCUT2D eigenvalue weighted by Gasteiger charge is -2.15. The standard InChI is InChI=1S/C13H17N3O3/c1-8-11(9(2)19-15-8)7-16(3)13(17)12-5-4-10(6-14)18-12/h4-5H,6-7,14H2,1-3H3. The van der Waals surface area contributed by atoms with Crippen LogP contribution in [0.5, 0.6) is 0 Å². The fourth-order valence-corrected chi connectivity index (χ4v) is 1.83. The lowest BCUT2D eigenvalue weighted by molar-refractivity contribution is 0.0751. The van der Waals surface area contributed by atoms with Gasteiger partial charge in [-0.15, -0.1) is 0 Å². The van der Waals surface area contributed by atoms with Crippen LogP contribution in [0.25, 0.3) is 0 Å². The molecule has 0 aromatic carbocycles. The molecule has 2 rings (SSSR count). The molecule has 0 aliphatic rings. The van der Waals surface area contributed by atoms with Gasteiger partial charge < -0.3 is 19.6 Å². The Bertz CT molecular complexity index is 566. The third-order valence-electron chi connectivity index (χ3n) is 3.00. The number of amides is 1. The fraction of sp³-hybridized carbons (Fsp3) is 0.385. The van der Waals surface area contributed by atoms with Crippen LogP contribution in [0.3, 0.4) is 0 Å². The van der Waals surface area contributed by atoms with Gasteiger partial charge in [-0.05, 0) is 26.0 Å². The number of aryl methyl sites for hydroxylation is 2. The second kappa shape index (κ2) is 5.27. The maximum absolute atomic E-state index is 12.2. The second-order valence-electron chi connectivity index (χ2n) is 4.43. The van der Waals surface area contributed by atoms with Crippen molar-refractivity contribution < 1.29 is 13.7 Å². The summed E-state index contributed by atoms with van der Waals surface area (Å²) in [5.41, 5.74) is 7.16. The van der Waals surface area contributed by atoms with Crippen molar-refractivity contribution in [2.75, 3.05) is 7.05 Å². The van der Waals surface area contributed by atoms with Gasteiger partial charge in [-0.25, -0.2) is 0 Å². The van der Waals surface area contributed by atoms with Crippen molar-refractivity contribution in [3.8, 4) is 0 Å². The smallest absolute Gasteiger partial charge is 0.289 e. The van der Waals surface area contributed by atoms with Crippen LogP contribution in [0.1, 0.15) is 33.3 Å². The van der Waals surface area contributed by atoms with Gasteiger partial charge >= 0.3 is 0 Å². The van der Waals surface area contributed by atoms with Gasteiger partial charge in [-0.2, -0.15) is 0 Å². The summed E-state index contributed by atoms with van der Waals surface area (Å²) in [5.74, 6) is 1.41. The predicted molar refractivity (Wildman–Crippen MR) is 68.4 cm³/mol. The van der Waals surface area contributed by atoms with Crippen molar-refractivity contribution >= 4 is 5.91 Å². The highest BCUT2D eigenvalue weighted by molar-refractivity contribution is 5.91. The van der Waals surface area contributed by atoms with Crippen molar-refractivity contribution in [2.24, 2.45) is 5.73 Å². The summed E-state index contributed by atoms with van der Waals surface area (Å²) in [4.78, 5) is 13.7. The predicted octanol–water partition coefficient (Wildman–Crippen LogP) is 1.62. The maximum Gasteiger partial charge on any atom is 0.289 e. The molecule has 2 aromatic rings. The molecule has 0 fully saturated rings. The highest BCUT2D eigenvalue weighted by Gasteiger charge is 2.19. The zero-order valence-corrected chi connectivity index (χ0v) is 11.3. The molecule has 0 unspecified atom stereocenters. The summed E-state index contributed by atoms with van der Waals surface area (Å²) in [7, 11) is 1.71. The molecule has 0 atom stereocenters. The van der Waals surface area contributed by atoms with Crippen molar-refractivity contribution in [1.29, 1.82) is 0 Å². The van der Waals surface area contributed by atoms with Crippen LogP contribution < -0.4 is 5.73 Å². The minimum atomic E-state index is -0.195.